The summed E-state index contributed by atoms with van der Waals surface area (Å²) in [7, 11) is 0. The van der Waals surface area contributed by atoms with Crippen LogP contribution in [-0.2, 0) is 6.42 Å². The summed E-state index contributed by atoms with van der Waals surface area (Å²) < 4.78 is 0. The summed E-state index contributed by atoms with van der Waals surface area (Å²) in [5, 5.41) is 1.10. The van der Waals surface area contributed by atoms with Crippen LogP contribution < -0.4 is 5.73 Å². The molecule has 0 saturated carbocycles. The largest absolute Gasteiger partial charge is 0.383 e. The van der Waals surface area contributed by atoms with Crippen LogP contribution in [0.3, 0.4) is 0 Å². The van der Waals surface area contributed by atoms with E-state index in [9.17, 15) is 0 Å². The van der Waals surface area contributed by atoms with E-state index in [0.29, 0.717) is 5.82 Å². The molecule has 4 rings (SSSR count). The van der Waals surface area contributed by atoms with Crippen LogP contribution in [0.2, 0.25) is 0 Å². The number of aryl methyl sites for hydroxylation is 2. The average Bonchev–Trinajstić information content (AvgIpc) is 2.68. The van der Waals surface area contributed by atoms with E-state index >= 15 is 0 Å². The van der Waals surface area contributed by atoms with Crippen LogP contribution in [0.4, 0.5) is 5.82 Å². The van der Waals surface area contributed by atoms with E-state index in [-0.39, 0.29) is 0 Å². The fourth-order valence-electron chi connectivity index (χ4n) is 3.24. The Morgan fingerprint density at radius 1 is 0.962 bits per heavy atom. The molecule has 3 aromatic heterocycles. The predicted octanol–water partition coefficient (Wildman–Crippen LogP) is 4.81. The number of hydrogen-bond acceptors (Lipinski definition) is 4. The van der Waals surface area contributed by atoms with Gasteiger partial charge in [0, 0.05) is 40.2 Å². The number of fused-ring (bicyclic) bond motifs is 1. The predicted molar refractivity (Wildman–Crippen MR) is 107 cm³/mol. The summed E-state index contributed by atoms with van der Waals surface area (Å²) in [4.78, 5) is 13.7. The fraction of sp³-hybridized carbons (Fsp3) is 0.136. The highest BCUT2D eigenvalue weighted by Crippen LogP contribution is 2.31. The van der Waals surface area contributed by atoms with Crippen molar-refractivity contribution in [2.24, 2.45) is 0 Å². The minimum absolute atomic E-state index is 0.594. The van der Waals surface area contributed by atoms with Crippen molar-refractivity contribution in [1.82, 2.24) is 15.0 Å². The van der Waals surface area contributed by atoms with Gasteiger partial charge in [0.25, 0.3) is 0 Å². The number of aromatic nitrogens is 3. The molecule has 4 heteroatoms. The van der Waals surface area contributed by atoms with Gasteiger partial charge < -0.3 is 5.73 Å². The number of nitrogens with zero attached hydrogens (tertiary/aromatic N) is 3. The lowest BCUT2D eigenvalue weighted by Crippen LogP contribution is -1.97. The lowest BCUT2D eigenvalue weighted by atomic mass is 10.00. The second-order valence-electron chi connectivity index (χ2n) is 6.33. The third-order valence-electron chi connectivity index (χ3n) is 4.70. The van der Waals surface area contributed by atoms with Crippen molar-refractivity contribution in [1.29, 1.82) is 0 Å². The van der Waals surface area contributed by atoms with Crippen molar-refractivity contribution in [2.45, 2.75) is 20.3 Å². The van der Waals surface area contributed by atoms with Crippen LogP contribution in [0.15, 0.2) is 60.9 Å². The lowest BCUT2D eigenvalue weighted by molar-refractivity contribution is 1.11. The summed E-state index contributed by atoms with van der Waals surface area (Å²) in [6, 6.07) is 16.5. The van der Waals surface area contributed by atoms with Gasteiger partial charge in [-0.25, -0.2) is 9.97 Å². The molecule has 1 aromatic carbocycles. The topological polar surface area (TPSA) is 64.7 Å². The molecule has 4 aromatic rings. The van der Waals surface area contributed by atoms with Crippen molar-refractivity contribution in [3.63, 3.8) is 0 Å². The standard InChI is InChI=1S/C22H20N4/c1-3-15-12-17(13-25-22(15)23)19-7-4-6-16-9-10-20(26-21(16)19)18-8-5-11-24-14(18)2/h4-13H,3H2,1-2H3,(H2,23,25). The monoisotopic (exact) mass is 340 g/mol. The summed E-state index contributed by atoms with van der Waals surface area (Å²) >= 11 is 0. The summed E-state index contributed by atoms with van der Waals surface area (Å²) in [6.45, 7) is 4.09. The van der Waals surface area contributed by atoms with Crippen LogP contribution in [0.25, 0.3) is 33.3 Å². The van der Waals surface area contributed by atoms with Crippen LogP contribution in [0.5, 0.6) is 0 Å². The molecule has 0 aliphatic carbocycles. The maximum absolute atomic E-state index is 5.97. The molecule has 128 valence electrons. The van der Waals surface area contributed by atoms with E-state index in [2.05, 4.69) is 59.4 Å². The maximum atomic E-state index is 5.97. The smallest absolute Gasteiger partial charge is 0.126 e. The molecule has 0 radical (unpaired) electrons. The third-order valence-corrected chi connectivity index (χ3v) is 4.70. The maximum Gasteiger partial charge on any atom is 0.126 e. The second-order valence-corrected chi connectivity index (χ2v) is 6.33. The molecule has 0 aliphatic heterocycles. The van der Waals surface area contributed by atoms with Crippen molar-refractivity contribution >= 4 is 16.7 Å². The first kappa shape index (κ1) is 16.2. The SMILES string of the molecule is CCc1cc(-c2cccc3ccc(-c4cccnc4C)nc23)cnc1N. The molecule has 3 heterocycles. The minimum atomic E-state index is 0.594. The molecule has 0 amide bonds. The van der Waals surface area contributed by atoms with Crippen molar-refractivity contribution in [2.75, 3.05) is 5.73 Å². The van der Waals surface area contributed by atoms with E-state index < -0.39 is 0 Å². The summed E-state index contributed by atoms with van der Waals surface area (Å²) in [5.41, 5.74) is 13.0. The highest BCUT2D eigenvalue weighted by atomic mass is 14.8. The van der Waals surface area contributed by atoms with Gasteiger partial charge >= 0.3 is 0 Å². The van der Waals surface area contributed by atoms with E-state index in [1.807, 2.05) is 19.2 Å². The van der Waals surface area contributed by atoms with Crippen LogP contribution in [0.1, 0.15) is 18.2 Å². The van der Waals surface area contributed by atoms with Crippen molar-refractivity contribution in [3.05, 3.63) is 72.2 Å². The molecule has 0 bridgehead atoms. The van der Waals surface area contributed by atoms with Gasteiger partial charge in [-0.1, -0.05) is 31.2 Å². The number of anilines is 1. The van der Waals surface area contributed by atoms with E-state index in [0.717, 1.165) is 51.0 Å². The van der Waals surface area contributed by atoms with E-state index in [1.54, 1.807) is 6.20 Å². The molecule has 4 nitrogen and oxygen atoms in total. The van der Waals surface area contributed by atoms with Gasteiger partial charge in [-0.05, 0) is 43.2 Å². The first-order valence-corrected chi connectivity index (χ1v) is 8.74. The Kier molecular flexibility index (Phi) is 4.09. The van der Waals surface area contributed by atoms with Gasteiger partial charge in [0.05, 0.1) is 11.2 Å². The normalized spacial score (nSPS) is 11.0. The fourth-order valence-corrected chi connectivity index (χ4v) is 3.24. The van der Waals surface area contributed by atoms with Gasteiger partial charge in [-0.2, -0.15) is 0 Å². The number of para-hydroxylation sites is 1. The lowest BCUT2D eigenvalue weighted by Gasteiger charge is -2.11. The second kappa shape index (κ2) is 6.56. The number of nitrogen functional groups attached to an aromatic ring is 1. The van der Waals surface area contributed by atoms with Crippen LogP contribution >= 0.6 is 0 Å². The zero-order valence-corrected chi connectivity index (χ0v) is 14.9. The molecule has 0 unspecified atom stereocenters. The third kappa shape index (κ3) is 2.80. The van der Waals surface area contributed by atoms with Crippen LogP contribution in [-0.4, -0.2) is 15.0 Å². The molecular weight excluding hydrogens is 320 g/mol. The highest BCUT2D eigenvalue weighted by molar-refractivity contribution is 5.95. The Hall–Kier alpha value is -3.27. The molecule has 0 fully saturated rings. The number of benzene rings is 1. The molecule has 26 heavy (non-hydrogen) atoms. The van der Waals surface area contributed by atoms with E-state index in [4.69, 9.17) is 10.7 Å². The number of pyridine rings is 3. The van der Waals surface area contributed by atoms with Gasteiger partial charge in [0.2, 0.25) is 0 Å². The van der Waals surface area contributed by atoms with Gasteiger partial charge in [0.1, 0.15) is 5.82 Å². The molecule has 0 spiro atoms. The Morgan fingerprint density at radius 3 is 2.62 bits per heavy atom. The summed E-state index contributed by atoms with van der Waals surface area (Å²) in [6.07, 6.45) is 4.48. The molecule has 0 atom stereocenters. The average molecular weight is 340 g/mol. The first-order chi connectivity index (χ1) is 12.7. The quantitative estimate of drug-likeness (QED) is 0.581. The van der Waals surface area contributed by atoms with Crippen molar-refractivity contribution < 1.29 is 0 Å². The molecule has 0 aliphatic rings. The van der Waals surface area contributed by atoms with Crippen molar-refractivity contribution in [3.8, 4) is 22.4 Å². The highest BCUT2D eigenvalue weighted by Gasteiger charge is 2.11. The Morgan fingerprint density at radius 2 is 1.81 bits per heavy atom. The zero-order valence-electron chi connectivity index (χ0n) is 14.9. The molecule has 2 N–H and O–H groups in total. The number of nitrogens with two attached hydrogens (primary N) is 1. The zero-order chi connectivity index (χ0) is 18.1. The van der Waals surface area contributed by atoms with Gasteiger partial charge in [0.15, 0.2) is 0 Å². The molecule has 0 saturated heterocycles. The van der Waals surface area contributed by atoms with E-state index in [1.165, 1.54) is 0 Å². The summed E-state index contributed by atoms with van der Waals surface area (Å²) in [5.74, 6) is 0.594. The van der Waals surface area contributed by atoms with Gasteiger partial charge in [-0.15, -0.1) is 0 Å². The molecular formula is C22H20N4. The minimum Gasteiger partial charge on any atom is -0.383 e. The Labute approximate surface area is 152 Å². The number of hydrogen-bond donors (Lipinski definition) is 1. The number of rotatable bonds is 3. The Balaban J connectivity index is 1.93. The van der Waals surface area contributed by atoms with Crippen LogP contribution in [0, 0.1) is 6.92 Å². The Bertz CT molecular complexity index is 1100. The van der Waals surface area contributed by atoms with Gasteiger partial charge in [-0.3, -0.25) is 4.98 Å². The first-order valence-electron chi connectivity index (χ1n) is 8.74.